The molecule has 4 N–H and O–H groups in total. The molecular weight excluding hydrogens is 284 g/mol. The van der Waals surface area contributed by atoms with E-state index in [0.717, 1.165) is 4.90 Å². The fourth-order valence-electron chi connectivity index (χ4n) is 1.24. The van der Waals surface area contributed by atoms with Gasteiger partial charge in [-0.05, 0) is 0 Å². The summed E-state index contributed by atoms with van der Waals surface area (Å²) >= 11 is 0. The van der Waals surface area contributed by atoms with Crippen molar-refractivity contribution in [2.24, 2.45) is 0 Å². The normalized spacial score (nSPS) is 11.2. The van der Waals surface area contributed by atoms with Gasteiger partial charge in [-0.1, -0.05) is 10.1 Å². The molecule has 0 unspecified atom stereocenters. The Morgan fingerprint density at radius 3 is 1.55 bits per heavy atom. The quantitative estimate of drug-likeness (QED) is 0.178. The summed E-state index contributed by atoms with van der Waals surface area (Å²) in [6, 6.07) is 0. The smallest absolute Gasteiger partial charge is 0.317 e. The largest absolute Gasteiger partial charge is 0.480 e. The van der Waals surface area contributed by atoms with E-state index in [1.165, 1.54) is 4.90 Å². The number of nitrogens with zero attached hydrogens (tertiary/aromatic N) is 2. The molecule has 0 saturated heterocycles. The van der Waals surface area contributed by atoms with Crippen LogP contribution in [-0.2, 0) is 29.4 Å². The lowest BCUT2D eigenvalue weighted by Gasteiger charge is -2.23. The van der Waals surface area contributed by atoms with Gasteiger partial charge in [0, 0.05) is 13.1 Å². The zero-order valence-corrected chi connectivity index (χ0v) is 10.4. The van der Waals surface area contributed by atoms with Crippen molar-refractivity contribution in [3.8, 4) is 0 Å². The van der Waals surface area contributed by atoms with Crippen LogP contribution in [0.2, 0.25) is 0 Å². The van der Waals surface area contributed by atoms with Gasteiger partial charge in [-0.3, -0.25) is 19.4 Å². The number of hydrogen-bond donors (Lipinski definition) is 4. The lowest BCUT2D eigenvalue weighted by molar-refractivity contribution is -0.518. The molecule has 12 nitrogen and oxygen atoms in total. The van der Waals surface area contributed by atoms with E-state index in [4.69, 9.17) is 20.7 Å². The Bertz CT molecular complexity index is 264. The summed E-state index contributed by atoms with van der Waals surface area (Å²) in [7, 11) is 0. The Kier molecular flexibility index (Phi) is 10.7. The molecule has 0 aliphatic heterocycles. The second-order valence-electron chi connectivity index (χ2n) is 3.54. The lowest BCUT2D eigenvalue weighted by Crippen LogP contribution is -2.41. The van der Waals surface area contributed by atoms with Crippen molar-refractivity contribution in [2.45, 2.75) is 0 Å². The molecule has 0 spiro atoms. The Morgan fingerprint density at radius 1 is 0.800 bits per heavy atom. The van der Waals surface area contributed by atoms with Gasteiger partial charge < -0.3 is 10.2 Å². The minimum Gasteiger partial charge on any atom is -0.480 e. The van der Waals surface area contributed by atoms with Crippen LogP contribution in [0.15, 0.2) is 0 Å². The Hall–Kier alpha value is -1.38. The van der Waals surface area contributed by atoms with Gasteiger partial charge in [-0.2, -0.15) is 9.78 Å². The summed E-state index contributed by atoms with van der Waals surface area (Å²) in [5.74, 6) is -2.36. The van der Waals surface area contributed by atoms with Crippen molar-refractivity contribution in [1.29, 1.82) is 0 Å². The Morgan fingerprint density at radius 2 is 1.20 bits per heavy atom. The third-order valence-electron chi connectivity index (χ3n) is 2.03. The highest BCUT2D eigenvalue weighted by molar-refractivity contribution is 5.72. The second kappa shape index (κ2) is 11.4. The first-order valence-electron chi connectivity index (χ1n) is 5.24. The first-order chi connectivity index (χ1) is 9.49. The third kappa shape index (κ3) is 10.5. The average Bonchev–Trinajstić information content (AvgIpc) is 2.36. The molecule has 0 aromatic heterocycles. The van der Waals surface area contributed by atoms with Gasteiger partial charge in [0.1, 0.15) is 13.5 Å². The minimum absolute atomic E-state index is 0.0438. The first kappa shape index (κ1) is 18.6. The van der Waals surface area contributed by atoms with E-state index in [1.54, 1.807) is 0 Å². The average molecular weight is 300 g/mol. The summed E-state index contributed by atoms with van der Waals surface area (Å²) in [4.78, 5) is 32.0. The predicted octanol–water partition coefficient (Wildman–Crippen LogP) is -1.48. The number of carbonyl (C=O) groups is 2. The van der Waals surface area contributed by atoms with Crippen LogP contribution in [0, 0.1) is 0 Å². The van der Waals surface area contributed by atoms with Gasteiger partial charge in [0.05, 0.1) is 13.1 Å². The van der Waals surface area contributed by atoms with Gasteiger partial charge in [0.25, 0.3) is 0 Å². The van der Waals surface area contributed by atoms with Gasteiger partial charge in [-0.15, -0.1) is 0 Å². The zero-order valence-electron chi connectivity index (χ0n) is 10.4. The maximum atomic E-state index is 10.6. The SMILES string of the molecule is O=C(O)CN(CCN(COOO)COOO)CC(=O)O. The summed E-state index contributed by atoms with van der Waals surface area (Å²) in [6.45, 7) is -1.39. The van der Waals surface area contributed by atoms with E-state index in [9.17, 15) is 9.59 Å². The van der Waals surface area contributed by atoms with Gasteiger partial charge >= 0.3 is 11.9 Å². The number of carboxylic acid groups (broad SMARTS) is 2. The van der Waals surface area contributed by atoms with Crippen molar-refractivity contribution >= 4 is 11.9 Å². The molecule has 0 bridgehead atoms. The van der Waals surface area contributed by atoms with Crippen LogP contribution >= 0.6 is 0 Å². The molecule has 0 fully saturated rings. The molecule has 12 heteroatoms. The summed E-state index contributed by atoms with van der Waals surface area (Å²) in [5.41, 5.74) is 0. The van der Waals surface area contributed by atoms with Crippen LogP contribution in [-0.4, -0.2) is 82.1 Å². The third-order valence-corrected chi connectivity index (χ3v) is 2.03. The van der Waals surface area contributed by atoms with Crippen molar-refractivity contribution in [1.82, 2.24) is 9.80 Å². The van der Waals surface area contributed by atoms with Crippen LogP contribution in [0.25, 0.3) is 0 Å². The Balaban J connectivity index is 4.26. The monoisotopic (exact) mass is 300 g/mol. The molecule has 0 aliphatic rings. The fourth-order valence-corrected chi connectivity index (χ4v) is 1.24. The standard InChI is InChI=1S/C8H16N2O10/c11-7(12)3-9(4-8(13)14)1-2-10(5-17-19-15)6-18-20-16/h15-16H,1-6H2,(H,11,12)(H,13,14). The molecular formula is C8H16N2O10. The fraction of sp³-hybridized carbons (Fsp3) is 0.750. The molecule has 0 aromatic carbocycles. The van der Waals surface area contributed by atoms with E-state index in [2.05, 4.69) is 19.9 Å². The number of carboxylic acids is 2. The highest BCUT2D eigenvalue weighted by atomic mass is 17.5. The molecule has 0 amide bonds. The molecule has 118 valence electrons. The summed E-state index contributed by atoms with van der Waals surface area (Å²) < 4.78 is 0. The van der Waals surface area contributed by atoms with Crippen LogP contribution in [0.3, 0.4) is 0 Å². The number of aliphatic carboxylic acids is 2. The predicted molar refractivity (Wildman–Crippen MR) is 57.7 cm³/mol. The van der Waals surface area contributed by atoms with Crippen molar-refractivity contribution in [2.75, 3.05) is 39.6 Å². The number of rotatable bonds is 13. The molecule has 0 rings (SSSR count). The molecule has 0 radical (unpaired) electrons. The molecule has 0 aliphatic carbocycles. The maximum absolute atomic E-state index is 10.6. The van der Waals surface area contributed by atoms with E-state index in [-0.39, 0.29) is 26.6 Å². The Labute approximate surface area is 112 Å². The molecule has 0 heterocycles. The van der Waals surface area contributed by atoms with E-state index in [0.29, 0.717) is 0 Å². The van der Waals surface area contributed by atoms with Crippen molar-refractivity contribution < 1.29 is 50.2 Å². The van der Waals surface area contributed by atoms with E-state index < -0.39 is 25.0 Å². The van der Waals surface area contributed by atoms with E-state index >= 15 is 0 Å². The van der Waals surface area contributed by atoms with Crippen molar-refractivity contribution in [3.05, 3.63) is 0 Å². The molecule has 20 heavy (non-hydrogen) atoms. The van der Waals surface area contributed by atoms with Crippen LogP contribution < -0.4 is 0 Å². The van der Waals surface area contributed by atoms with Gasteiger partial charge in [-0.25, -0.2) is 10.5 Å². The van der Waals surface area contributed by atoms with E-state index in [1.807, 2.05) is 0 Å². The summed E-state index contributed by atoms with van der Waals surface area (Å²) in [6.07, 6.45) is 0. The first-order valence-corrected chi connectivity index (χ1v) is 5.24. The lowest BCUT2D eigenvalue weighted by atomic mass is 10.4. The van der Waals surface area contributed by atoms with Crippen molar-refractivity contribution in [3.63, 3.8) is 0 Å². The highest BCUT2D eigenvalue weighted by Crippen LogP contribution is 1.95. The van der Waals surface area contributed by atoms with Crippen LogP contribution in [0.4, 0.5) is 0 Å². The van der Waals surface area contributed by atoms with Crippen LogP contribution in [0.5, 0.6) is 0 Å². The van der Waals surface area contributed by atoms with Gasteiger partial charge in [0.2, 0.25) is 0 Å². The second-order valence-corrected chi connectivity index (χ2v) is 3.54. The van der Waals surface area contributed by atoms with Gasteiger partial charge in [0.15, 0.2) is 0 Å². The number of hydrogen-bond acceptors (Lipinski definition) is 10. The maximum Gasteiger partial charge on any atom is 0.317 e. The summed E-state index contributed by atoms with van der Waals surface area (Å²) in [5, 5.41) is 40.1. The topological polar surface area (TPSA) is 158 Å². The molecule has 0 atom stereocenters. The molecule has 0 aromatic rings. The zero-order chi connectivity index (χ0) is 15.4. The highest BCUT2D eigenvalue weighted by Gasteiger charge is 2.15. The minimum atomic E-state index is -1.18. The van der Waals surface area contributed by atoms with Crippen LogP contribution in [0.1, 0.15) is 0 Å². The molecule has 0 saturated carbocycles.